The fourth-order valence-corrected chi connectivity index (χ4v) is 1.92. The molecule has 1 unspecified atom stereocenters. The van der Waals surface area contributed by atoms with Gasteiger partial charge < -0.3 is 10.6 Å². The number of amides is 1. The highest BCUT2D eigenvalue weighted by Crippen LogP contribution is 2.00. The third-order valence-corrected chi connectivity index (χ3v) is 3.27. The van der Waals surface area contributed by atoms with Crippen molar-refractivity contribution in [1.29, 1.82) is 0 Å². The number of hydrogen-bond acceptors (Lipinski definition) is 4. The van der Waals surface area contributed by atoms with Crippen molar-refractivity contribution in [2.45, 2.75) is 32.7 Å². The minimum atomic E-state index is -3.04. The van der Waals surface area contributed by atoms with Crippen molar-refractivity contribution < 1.29 is 13.2 Å². The summed E-state index contributed by atoms with van der Waals surface area (Å²) in [4.78, 5) is 13.3. The zero-order valence-electron chi connectivity index (χ0n) is 10.3. The lowest BCUT2D eigenvalue weighted by Crippen LogP contribution is -2.45. The molecule has 0 spiro atoms. The van der Waals surface area contributed by atoms with E-state index in [1.165, 1.54) is 4.90 Å². The molecule has 0 saturated carbocycles. The molecule has 0 bridgehead atoms. The number of sulfone groups is 1. The zero-order valence-corrected chi connectivity index (χ0v) is 11.1. The van der Waals surface area contributed by atoms with Crippen molar-refractivity contribution >= 4 is 15.7 Å². The number of carbonyl (C=O) groups is 1. The highest BCUT2D eigenvalue weighted by molar-refractivity contribution is 7.90. The van der Waals surface area contributed by atoms with Gasteiger partial charge in [-0.05, 0) is 13.3 Å². The lowest BCUT2D eigenvalue weighted by Gasteiger charge is -2.23. The van der Waals surface area contributed by atoms with Gasteiger partial charge in [-0.1, -0.05) is 13.3 Å². The van der Waals surface area contributed by atoms with E-state index in [1.54, 1.807) is 0 Å². The van der Waals surface area contributed by atoms with E-state index < -0.39 is 15.9 Å². The first kappa shape index (κ1) is 15.4. The molecule has 0 aromatic heterocycles. The lowest BCUT2D eigenvalue weighted by molar-refractivity contribution is -0.132. The van der Waals surface area contributed by atoms with Crippen molar-refractivity contribution in [2.75, 3.05) is 25.1 Å². The van der Waals surface area contributed by atoms with E-state index in [-0.39, 0.29) is 18.2 Å². The number of nitrogens with zero attached hydrogens (tertiary/aromatic N) is 1. The molecule has 1 atom stereocenters. The van der Waals surface area contributed by atoms with Crippen molar-refractivity contribution in [3.8, 4) is 0 Å². The number of carbonyl (C=O) groups excluding carboxylic acids is 1. The Labute approximate surface area is 97.9 Å². The summed E-state index contributed by atoms with van der Waals surface area (Å²) in [5.74, 6) is -0.168. The molecule has 0 aromatic carbocycles. The predicted octanol–water partition coefficient (Wildman–Crippen LogP) is 0.00690. The average molecular weight is 250 g/mol. The first-order valence-electron chi connectivity index (χ1n) is 5.53. The lowest BCUT2D eigenvalue weighted by atomic mass is 10.1. The molecule has 0 rings (SSSR count). The van der Waals surface area contributed by atoms with Gasteiger partial charge in [-0.25, -0.2) is 8.42 Å². The van der Waals surface area contributed by atoms with Crippen LogP contribution in [0, 0.1) is 0 Å². The van der Waals surface area contributed by atoms with Crippen molar-refractivity contribution in [2.24, 2.45) is 5.73 Å². The van der Waals surface area contributed by atoms with Crippen LogP contribution in [0.2, 0.25) is 0 Å². The van der Waals surface area contributed by atoms with E-state index in [2.05, 4.69) is 0 Å². The Morgan fingerprint density at radius 2 is 1.94 bits per heavy atom. The largest absolute Gasteiger partial charge is 0.341 e. The molecule has 1 amide bonds. The Kier molecular flexibility index (Phi) is 6.59. The normalized spacial score (nSPS) is 13.5. The van der Waals surface area contributed by atoms with E-state index >= 15 is 0 Å². The second-order valence-electron chi connectivity index (χ2n) is 3.94. The molecule has 5 nitrogen and oxygen atoms in total. The molecule has 6 heteroatoms. The molecule has 0 aliphatic heterocycles. The van der Waals surface area contributed by atoms with Crippen LogP contribution in [0.1, 0.15) is 26.7 Å². The maximum absolute atomic E-state index is 11.8. The van der Waals surface area contributed by atoms with Gasteiger partial charge in [0.05, 0.1) is 11.8 Å². The minimum absolute atomic E-state index is 0.00851. The molecule has 0 radical (unpaired) electrons. The van der Waals surface area contributed by atoms with Crippen LogP contribution < -0.4 is 5.73 Å². The number of nitrogens with two attached hydrogens (primary N) is 1. The molecule has 0 fully saturated rings. The summed E-state index contributed by atoms with van der Waals surface area (Å²) in [6.45, 7) is 4.50. The number of likely N-dealkylation sites (N-methyl/N-ethyl adjacent to an activating group) is 1. The van der Waals surface area contributed by atoms with Crippen LogP contribution in [-0.2, 0) is 14.6 Å². The molecular formula is C10H22N2O3S. The van der Waals surface area contributed by atoms with Gasteiger partial charge >= 0.3 is 0 Å². The Morgan fingerprint density at radius 3 is 2.31 bits per heavy atom. The molecule has 96 valence electrons. The monoisotopic (exact) mass is 250 g/mol. The third-order valence-electron chi connectivity index (χ3n) is 2.34. The summed E-state index contributed by atoms with van der Waals surface area (Å²) in [5, 5.41) is 0. The van der Waals surface area contributed by atoms with Crippen LogP contribution in [-0.4, -0.2) is 50.4 Å². The SMILES string of the molecule is CCCC(N)C(=O)N(CC)CCS(C)(=O)=O. The number of rotatable bonds is 7. The van der Waals surface area contributed by atoms with Gasteiger partial charge in [0.1, 0.15) is 9.84 Å². The summed E-state index contributed by atoms with van der Waals surface area (Å²) in [6, 6.07) is -0.510. The first-order valence-corrected chi connectivity index (χ1v) is 7.60. The summed E-state index contributed by atoms with van der Waals surface area (Å²) in [5.41, 5.74) is 5.70. The zero-order chi connectivity index (χ0) is 12.8. The third kappa shape index (κ3) is 6.07. The standard InChI is InChI=1S/C10H22N2O3S/c1-4-6-9(11)10(13)12(5-2)7-8-16(3,14)15/h9H,4-8,11H2,1-3H3. The Morgan fingerprint density at radius 1 is 1.38 bits per heavy atom. The summed E-state index contributed by atoms with van der Waals surface area (Å²) in [7, 11) is -3.04. The molecule has 0 aromatic rings. The van der Waals surface area contributed by atoms with E-state index in [9.17, 15) is 13.2 Å². The summed E-state index contributed by atoms with van der Waals surface area (Å²) < 4.78 is 22.0. The van der Waals surface area contributed by atoms with Gasteiger partial charge in [0.15, 0.2) is 0 Å². The second-order valence-corrected chi connectivity index (χ2v) is 6.20. The smallest absolute Gasteiger partial charge is 0.239 e. The maximum Gasteiger partial charge on any atom is 0.239 e. The van der Waals surface area contributed by atoms with E-state index in [0.717, 1.165) is 12.7 Å². The van der Waals surface area contributed by atoms with Crippen LogP contribution in [0.4, 0.5) is 0 Å². The van der Waals surface area contributed by atoms with Crippen LogP contribution in [0.3, 0.4) is 0 Å². The quantitative estimate of drug-likeness (QED) is 0.690. The summed E-state index contributed by atoms with van der Waals surface area (Å²) >= 11 is 0. The highest BCUT2D eigenvalue weighted by Gasteiger charge is 2.19. The van der Waals surface area contributed by atoms with Gasteiger partial charge in [-0.2, -0.15) is 0 Å². The fraction of sp³-hybridized carbons (Fsp3) is 0.900. The number of hydrogen-bond donors (Lipinski definition) is 1. The van der Waals surface area contributed by atoms with E-state index in [4.69, 9.17) is 5.73 Å². The second kappa shape index (κ2) is 6.85. The Hall–Kier alpha value is -0.620. The van der Waals surface area contributed by atoms with Gasteiger partial charge in [0.25, 0.3) is 0 Å². The molecule has 0 saturated heterocycles. The molecule has 0 heterocycles. The molecule has 0 aliphatic rings. The van der Waals surface area contributed by atoms with Crippen LogP contribution in [0.5, 0.6) is 0 Å². The van der Waals surface area contributed by atoms with Gasteiger partial charge in [-0.15, -0.1) is 0 Å². The van der Waals surface area contributed by atoms with Crippen LogP contribution in [0.25, 0.3) is 0 Å². The first-order chi connectivity index (χ1) is 7.31. The van der Waals surface area contributed by atoms with Crippen LogP contribution in [0.15, 0.2) is 0 Å². The summed E-state index contributed by atoms with van der Waals surface area (Å²) in [6.07, 6.45) is 2.64. The van der Waals surface area contributed by atoms with Gasteiger partial charge in [0.2, 0.25) is 5.91 Å². The molecule has 2 N–H and O–H groups in total. The topological polar surface area (TPSA) is 80.5 Å². The Balaban J connectivity index is 4.33. The maximum atomic E-state index is 11.8. The van der Waals surface area contributed by atoms with Gasteiger partial charge in [0, 0.05) is 19.3 Å². The van der Waals surface area contributed by atoms with Crippen molar-refractivity contribution in [3.05, 3.63) is 0 Å². The highest BCUT2D eigenvalue weighted by atomic mass is 32.2. The minimum Gasteiger partial charge on any atom is -0.341 e. The Bertz CT molecular complexity index is 314. The van der Waals surface area contributed by atoms with Gasteiger partial charge in [-0.3, -0.25) is 4.79 Å². The average Bonchev–Trinajstić information content (AvgIpc) is 2.17. The van der Waals surface area contributed by atoms with Crippen molar-refractivity contribution in [3.63, 3.8) is 0 Å². The van der Waals surface area contributed by atoms with E-state index in [1.807, 2.05) is 13.8 Å². The predicted molar refractivity (Wildman–Crippen MR) is 64.8 cm³/mol. The van der Waals surface area contributed by atoms with E-state index in [0.29, 0.717) is 13.0 Å². The van der Waals surface area contributed by atoms with Crippen LogP contribution >= 0.6 is 0 Å². The molecule has 16 heavy (non-hydrogen) atoms. The molecule has 0 aliphatic carbocycles. The molecular weight excluding hydrogens is 228 g/mol. The fourth-order valence-electron chi connectivity index (χ4n) is 1.37. The van der Waals surface area contributed by atoms with Crippen molar-refractivity contribution in [1.82, 2.24) is 4.90 Å².